The molecule has 1 atom stereocenters. The van der Waals surface area contributed by atoms with Gasteiger partial charge in [0.05, 0.1) is 23.9 Å². The Bertz CT molecular complexity index is 823. The Morgan fingerprint density at radius 1 is 1.17 bits per heavy atom. The predicted octanol–water partition coefficient (Wildman–Crippen LogP) is 3.40. The summed E-state index contributed by atoms with van der Waals surface area (Å²) in [6, 6.07) is 12.1. The number of hydrogen-bond acceptors (Lipinski definition) is 3. The number of fused-ring (bicyclic) bond motifs is 1. The highest BCUT2D eigenvalue weighted by Crippen LogP contribution is 2.23. The van der Waals surface area contributed by atoms with Gasteiger partial charge in [-0.05, 0) is 55.7 Å². The Morgan fingerprint density at radius 2 is 1.96 bits per heavy atom. The zero-order valence-electron chi connectivity index (χ0n) is 13.8. The minimum atomic E-state index is -0.590. The molecule has 4 nitrogen and oxygen atoms in total. The lowest BCUT2D eigenvalue weighted by Crippen LogP contribution is -2.23. The molecule has 0 saturated carbocycles. The van der Waals surface area contributed by atoms with Crippen molar-refractivity contribution in [3.63, 3.8) is 0 Å². The summed E-state index contributed by atoms with van der Waals surface area (Å²) in [6.07, 6.45) is 1.17. The van der Waals surface area contributed by atoms with Gasteiger partial charge < -0.3 is 14.4 Å². The highest BCUT2D eigenvalue weighted by Gasteiger charge is 2.11. The van der Waals surface area contributed by atoms with E-state index in [1.54, 1.807) is 6.33 Å². The lowest BCUT2D eigenvalue weighted by molar-refractivity contribution is 0.0930. The first-order valence-electron chi connectivity index (χ1n) is 7.83. The standard InChI is InChI=1S/C19H22N2O2/c1-13-8-14(2)15(3)19(9-13)23-11-16(22)10-21-12-20-17-6-4-5-7-18(17)21/h4-9,12,16,22H,10-11H2,1-3H3. The molecule has 1 N–H and O–H groups in total. The van der Waals surface area contributed by atoms with Gasteiger partial charge in [0.1, 0.15) is 18.5 Å². The smallest absolute Gasteiger partial charge is 0.122 e. The molecule has 1 aromatic heterocycles. The van der Waals surface area contributed by atoms with Crippen LogP contribution < -0.4 is 4.74 Å². The Morgan fingerprint density at radius 3 is 2.78 bits per heavy atom. The summed E-state index contributed by atoms with van der Waals surface area (Å²) in [5, 5.41) is 10.3. The maximum absolute atomic E-state index is 10.3. The van der Waals surface area contributed by atoms with Crippen molar-refractivity contribution in [2.75, 3.05) is 6.61 Å². The number of aryl methyl sites for hydroxylation is 2. The van der Waals surface area contributed by atoms with Gasteiger partial charge in [0.25, 0.3) is 0 Å². The van der Waals surface area contributed by atoms with E-state index in [4.69, 9.17) is 4.74 Å². The minimum absolute atomic E-state index is 0.260. The summed E-state index contributed by atoms with van der Waals surface area (Å²) in [4.78, 5) is 4.34. The van der Waals surface area contributed by atoms with E-state index >= 15 is 0 Å². The average molecular weight is 310 g/mol. The predicted molar refractivity (Wildman–Crippen MR) is 91.9 cm³/mol. The number of ether oxygens (including phenoxy) is 1. The maximum Gasteiger partial charge on any atom is 0.122 e. The average Bonchev–Trinajstić information content (AvgIpc) is 2.93. The second-order valence-corrected chi connectivity index (χ2v) is 6.06. The number of nitrogens with zero attached hydrogens (tertiary/aromatic N) is 2. The van der Waals surface area contributed by atoms with Crippen molar-refractivity contribution in [1.29, 1.82) is 0 Å². The van der Waals surface area contributed by atoms with E-state index in [2.05, 4.69) is 18.0 Å². The third kappa shape index (κ3) is 3.37. The van der Waals surface area contributed by atoms with E-state index in [1.165, 1.54) is 5.56 Å². The van der Waals surface area contributed by atoms with Crippen molar-refractivity contribution >= 4 is 11.0 Å². The van der Waals surface area contributed by atoms with Crippen LogP contribution in [0.4, 0.5) is 0 Å². The lowest BCUT2D eigenvalue weighted by atomic mass is 10.1. The van der Waals surface area contributed by atoms with Gasteiger partial charge in [-0.2, -0.15) is 0 Å². The molecule has 2 aromatic carbocycles. The second-order valence-electron chi connectivity index (χ2n) is 6.06. The van der Waals surface area contributed by atoms with E-state index in [1.807, 2.05) is 48.7 Å². The van der Waals surface area contributed by atoms with Crippen LogP contribution in [0, 0.1) is 20.8 Å². The molecule has 4 heteroatoms. The zero-order chi connectivity index (χ0) is 16.4. The summed E-state index contributed by atoms with van der Waals surface area (Å²) in [7, 11) is 0. The molecule has 120 valence electrons. The van der Waals surface area contributed by atoms with Crippen LogP contribution >= 0.6 is 0 Å². The summed E-state index contributed by atoms with van der Waals surface area (Å²) < 4.78 is 7.79. The van der Waals surface area contributed by atoms with E-state index in [0.29, 0.717) is 6.54 Å². The molecule has 3 rings (SSSR count). The molecule has 3 aromatic rings. The Kier molecular flexibility index (Phi) is 4.35. The largest absolute Gasteiger partial charge is 0.491 e. The fraction of sp³-hybridized carbons (Fsp3) is 0.316. The third-order valence-electron chi connectivity index (χ3n) is 4.13. The molecule has 0 bridgehead atoms. The number of imidazole rings is 1. The van der Waals surface area contributed by atoms with Crippen molar-refractivity contribution in [1.82, 2.24) is 9.55 Å². The van der Waals surface area contributed by atoms with Crippen molar-refractivity contribution in [3.8, 4) is 5.75 Å². The van der Waals surface area contributed by atoms with Crippen LogP contribution in [0.2, 0.25) is 0 Å². The highest BCUT2D eigenvalue weighted by atomic mass is 16.5. The molecule has 1 heterocycles. The molecule has 0 aliphatic heterocycles. The summed E-state index contributed by atoms with van der Waals surface area (Å²) in [6.45, 7) is 6.89. The van der Waals surface area contributed by atoms with E-state index in [-0.39, 0.29) is 6.61 Å². The fourth-order valence-corrected chi connectivity index (χ4v) is 2.77. The van der Waals surface area contributed by atoms with Crippen molar-refractivity contribution in [3.05, 3.63) is 59.4 Å². The first-order chi connectivity index (χ1) is 11.0. The maximum atomic E-state index is 10.3. The Hall–Kier alpha value is -2.33. The molecular weight excluding hydrogens is 288 g/mol. The van der Waals surface area contributed by atoms with Crippen LogP contribution in [0.15, 0.2) is 42.7 Å². The number of para-hydroxylation sites is 2. The molecule has 1 unspecified atom stereocenters. The Balaban J connectivity index is 1.67. The number of benzene rings is 2. The monoisotopic (exact) mass is 310 g/mol. The van der Waals surface area contributed by atoms with Gasteiger partial charge in [-0.1, -0.05) is 18.2 Å². The van der Waals surface area contributed by atoms with Crippen molar-refractivity contribution in [2.45, 2.75) is 33.4 Å². The molecule has 0 spiro atoms. The van der Waals surface area contributed by atoms with Crippen LogP contribution in [-0.2, 0) is 6.54 Å². The van der Waals surface area contributed by atoms with Gasteiger partial charge in [-0.15, -0.1) is 0 Å². The number of aliphatic hydroxyl groups excluding tert-OH is 1. The first kappa shape index (κ1) is 15.6. The number of rotatable bonds is 5. The van der Waals surface area contributed by atoms with Crippen LogP contribution in [0.25, 0.3) is 11.0 Å². The lowest BCUT2D eigenvalue weighted by Gasteiger charge is -2.16. The van der Waals surface area contributed by atoms with Gasteiger partial charge >= 0.3 is 0 Å². The molecule has 0 saturated heterocycles. The molecule has 0 radical (unpaired) electrons. The van der Waals surface area contributed by atoms with Gasteiger partial charge in [0.15, 0.2) is 0 Å². The number of aliphatic hydroxyl groups is 1. The SMILES string of the molecule is Cc1cc(C)c(C)c(OCC(O)Cn2cnc3ccccc32)c1. The first-order valence-corrected chi connectivity index (χ1v) is 7.83. The van der Waals surface area contributed by atoms with Crippen LogP contribution in [0.5, 0.6) is 5.75 Å². The summed E-state index contributed by atoms with van der Waals surface area (Å²) >= 11 is 0. The van der Waals surface area contributed by atoms with E-state index < -0.39 is 6.10 Å². The molecule has 0 amide bonds. The van der Waals surface area contributed by atoms with E-state index in [9.17, 15) is 5.11 Å². The van der Waals surface area contributed by atoms with Crippen LogP contribution in [0.1, 0.15) is 16.7 Å². The Labute approximate surface area is 136 Å². The molecule has 0 aliphatic rings. The zero-order valence-corrected chi connectivity index (χ0v) is 13.8. The highest BCUT2D eigenvalue weighted by molar-refractivity contribution is 5.74. The van der Waals surface area contributed by atoms with Crippen LogP contribution in [-0.4, -0.2) is 27.4 Å². The van der Waals surface area contributed by atoms with Crippen molar-refractivity contribution < 1.29 is 9.84 Å². The van der Waals surface area contributed by atoms with Gasteiger partial charge in [-0.3, -0.25) is 0 Å². The summed E-state index contributed by atoms with van der Waals surface area (Å²) in [5.41, 5.74) is 5.45. The molecule has 23 heavy (non-hydrogen) atoms. The minimum Gasteiger partial charge on any atom is -0.491 e. The fourth-order valence-electron chi connectivity index (χ4n) is 2.77. The number of aromatic nitrogens is 2. The topological polar surface area (TPSA) is 47.3 Å². The van der Waals surface area contributed by atoms with Gasteiger partial charge in [0.2, 0.25) is 0 Å². The summed E-state index contributed by atoms with van der Waals surface area (Å²) in [5.74, 6) is 0.844. The molecule has 0 fully saturated rings. The van der Waals surface area contributed by atoms with Gasteiger partial charge in [-0.25, -0.2) is 4.98 Å². The van der Waals surface area contributed by atoms with Crippen molar-refractivity contribution in [2.24, 2.45) is 0 Å². The molecule has 0 aliphatic carbocycles. The third-order valence-corrected chi connectivity index (χ3v) is 4.13. The van der Waals surface area contributed by atoms with Crippen LogP contribution in [0.3, 0.4) is 0 Å². The number of hydrogen-bond donors (Lipinski definition) is 1. The van der Waals surface area contributed by atoms with Gasteiger partial charge in [0, 0.05) is 0 Å². The van der Waals surface area contributed by atoms with E-state index in [0.717, 1.165) is 27.9 Å². The molecular formula is C19H22N2O2. The normalized spacial score (nSPS) is 12.5. The quantitative estimate of drug-likeness (QED) is 0.785. The second kappa shape index (κ2) is 6.42.